The first kappa shape index (κ1) is 12.2. The minimum atomic E-state index is 0.564. The Kier molecular flexibility index (Phi) is 4.82. The lowest BCUT2D eigenvalue weighted by Gasteiger charge is -2.21. The first-order valence-electron chi connectivity index (χ1n) is 5.84. The Morgan fingerprint density at radius 1 is 1.47 bits per heavy atom. The molecule has 0 saturated carbocycles. The SMILES string of the molecule is CCCNC(Cc1cnn(C)c1)C(C)C. The van der Waals surface area contributed by atoms with Gasteiger partial charge in [0.15, 0.2) is 0 Å². The number of nitrogens with one attached hydrogen (secondary N) is 1. The van der Waals surface area contributed by atoms with Crippen LogP contribution in [-0.4, -0.2) is 22.4 Å². The van der Waals surface area contributed by atoms with E-state index in [0.717, 1.165) is 13.0 Å². The quantitative estimate of drug-likeness (QED) is 0.776. The van der Waals surface area contributed by atoms with Crippen molar-refractivity contribution >= 4 is 0 Å². The highest BCUT2D eigenvalue weighted by atomic mass is 15.2. The van der Waals surface area contributed by atoms with Crippen LogP contribution in [0.3, 0.4) is 0 Å². The molecule has 86 valence electrons. The number of nitrogens with zero attached hydrogens (tertiary/aromatic N) is 2. The van der Waals surface area contributed by atoms with Gasteiger partial charge in [0, 0.05) is 19.3 Å². The molecular weight excluding hydrogens is 186 g/mol. The van der Waals surface area contributed by atoms with Gasteiger partial charge in [-0.25, -0.2) is 0 Å². The van der Waals surface area contributed by atoms with Crippen molar-refractivity contribution in [2.45, 2.75) is 39.7 Å². The monoisotopic (exact) mass is 209 g/mol. The van der Waals surface area contributed by atoms with Gasteiger partial charge in [0.2, 0.25) is 0 Å². The van der Waals surface area contributed by atoms with Crippen molar-refractivity contribution in [2.75, 3.05) is 6.54 Å². The lowest BCUT2D eigenvalue weighted by atomic mass is 9.98. The fourth-order valence-electron chi connectivity index (χ4n) is 1.70. The Morgan fingerprint density at radius 2 is 2.20 bits per heavy atom. The predicted molar refractivity (Wildman–Crippen MR) is 63.8 cm³/mol. The predicted octanol–water partition coefficient (Wildman–Crippen LogP) is 1.99. The fraction of sp³-hybridized carbons (Fsp3) is 0.750. The van der Waals surface area contributed by atoms with Crippen molar-refractivity contribution in [3.05, 3.63) is 18.0 Å². The molecule has 0 aliphatic carbocycles. The maximum atomic E-state index is 4.20. The van der Waals surface area contributed by atoms with Crippen LogP contribution in [0.5, 0.6) is 0 Å². The molecule has 0 bridgehead atoms. The van der Waals surface area contributed by atoms with E-state index in [1.807, 2.05) is 17.9 Å². The number of hydrogen-bond acceptors (Lipinski definition) is 2. The molecule has 3 nitrogen and oxygen atoms in total. The fourth-order valence-corrected chi connectivity index (χ4v) is 1.70. The van der Waals surface area contributed by atoms with E-state index in [-0.39, 0.29) is 0 Å². The van der Waals surface area contributed by atoms with Crippen LogP contribution >= 0.6 is 0 Å². The summed E-state index contributed by atoms with van der Waals surface area (Å²) in [4.78, 5) is 0. The van der Waals surface area contributed by atoms with E-state index in [4.69, 9.17) is 0 Å². The molecule has 0 fully saturated rings. The summed E-state index contributed by atoms with van der Waals surface area (Å²) in [6.07, 6.45) is 6.33. The van der Waals surface area contributed by atoms with Gasteiger partial charge in [0.1, 0.15) is 0 Å². The normalized spacial score (nSPS) is 13.4. The first-order chi connectivity index (χ1) is 7.13. The summed E-state index contributed by atoms with van der Waals surface area (Å²) in [6.45, 7) is 7.84. The Bertz CT molecular complexity index is 278. The zero-order chi connectivity index (χ0) is 11.3. The van der Waals surface area contributed by atoms with E-state index in [1.165, 1.54) is 12.0 Å². The molecule has 1 aromatic heterocycles. The third-order valence-electron chi connectivity index (χ3n) is 2.68. The molecule has 1 rings (SSSR count). The van der Waals surface area contributed by atoms with Crippen LogP contribution in [-0.2, 0) is 13.5 Å². The topological polar surface area (TPSA) is 29.9 Å². The minimum Gasteiger partial charge on any atom is -0.313 e. The Labute approximate surface area is 92.9 Å². The Hall–Kier alpha value is -0.830. The van der Waals surface area contributed by atoms with E-state index < -0.39 is 0 Å². The molecule has 1 unspecified atom stereocenters. The highest BCUT2D eigenvalue weighted by Crippen LogP contribution is 2.09. The van der Waals surface area contributed by atoms with Crippen LogP contribution in [0.2, 0.25) is 0 Å². The molecule has 1 heterocycles. The maximum absolute atomic E-state index is 4.20. The van der Waals surface area contributed by atoms with E-state index in [0.29, 0.717) is 12.0 Å². The molecule has 1 aromatic rings. The van der Waals surface area contributed by atoms with Gasteiger partial charge < -0.3 is 5.32 Å². The van der Waals surface area contributed by atoms with Crippen molar-refractivity contribution in [3.8, 4) is 0 Å². The summed E-state index contributed by atoms with van der Waals surface area (Å²) >= 11 is 0. The van der Waals surface area contributed by atoms with Crippen LogP contribution in [0.25, 0.3) is 0 Å². The summed E-state index contributed by atoms with van der Waals surface area (Å²) < 4.78 is 1.87. The molecule has 0 amide bonds. The van der Waals surface area contributed by atoms with E-state index in [1.54, 1.807) is 0 Å². The summed E-state index contributed by atoms with van der Waals surface area (Å²) in [5.41, 5.74) is 1.32. The summed E-state index contributed by atoms with van der Waals surface area (Å²) in [7, 11) is 1.97. The zero-order valence-corrected chi connectivity index (χ0v) is 10.3. The molecule has 0 aromatic carbocycles. The van der Waals surface area contributed by atoms with E-state index in [9.17, 15) is 0 Å². The van der Waals surface area contributed by atoms with Crippen LogP contribution in [0, 0.1) is 5.92 Å². The van der Waals surface area contributed by atoms with Crippen LogP contribution in [0.15, 0.2) is 12.4 Å². The van der Waals surface area contributed by atoms with Gasteiger partial charge in [0.25, 0.3) is 0 Å². The van der Waals surface area contributed by atoms with Crippen LogP contribution in [0.4, 0.5) is 0 Å². The summed E-state index contributed by atoms with van der Waals surface area (Å²) in [5.74, 6) is 0.664. The van der Waals surface area contributed by atoms with Crippen molar-refractivity contribution < 1.29 is 0 Å². The molecule has 0 radical (unpaired) electrons. The van der Waals surface area contributed by atoms with Crippen molar-refractivity contribution in [3.63, 3.8) is 0 Å². The van der Waals surface area contributed by atoms with Crippen molar-refractivity contribution in [1.29, 1.82) is 0 Å². The highest BCUT2D eigenvalue weighted by Gasteiger charge is 2.13. The number of hydrogen-bond donors (Lipinski definition) is 1. The second kappa shape index (κ2) is 5.91. The second-order valence-corrected chi connectivity index (χ2v) is 4.53. The maximum Gasteiger partial charge on any atom is 0.0522 e. The Morgan fingerprint density at radius 3 is 2.67 bits per heavy atom. The molecule has 1 N–H and O–H groups in total. The molecule has 3 heteroatoms. The lowest BCUT2D eigenvalue weighted by molar-refractivity contribution is 0.397. The van der Waals surface area contributed by atoms with Crippen LogP contribution < -0.4 is 5.32 Å². The largest absolute Gasteiger partial charge is 0.313 e. The molecule has 0 saturated heterocycles. The second-order valence-electron chi connectivity index (χ2n) is 4.53. The molecule has 0 spiro atoms. The molecule has 1 atom stereocenters. The van der Waals surface area contributed by atoms with Gasteiger partial charge in [-0.1, -0.05) is 20.8 Å². The smallest absolute Gasteiger partial charge is 0.0522 e. The zero-order valence-electron chi connectivity index (χ0n) is 10.3. The van der Waals surface area contributed by atoms with Crippen molar-refractivity contribution in [1.82, 2.24) is 15.1 Å². The van der Waals surface area contributed by atoms with Gasteiger partial charge in [-0.15, -0.1) is 0 Å². The number of aromatic nitrogens is 2. The number of aryl methyl sites for hydroxylation is 1. The Balaban J connectivity index is 2.50. The molecule has 15 heavy (non-hydrogen) atoms. The van der Waals surface area contributed by atoms with Gasteiger partial charge in [-0.3, -0.25) is 4.68 Å². The molecule has 0 aliphatic heterocycles. The van der Waals surface area contributed by atoms with Crippen LogP contribution in [0.1, 0.15) is 32.8 Å². The van der Waals surface area contributed by atoms with Gasteiger partial charge in [0.05, 0.1) is 6.20 Å². The van der Waals surface area contributed by atoms with Crippen molar-refractivity contribution in [2.24, 2.45) is 13.0 Å². The van der Waals surface area contributed by atoms with Gasteiger partial charge in [-0.2, -0.15) is 5.10 Å². The first-order valence-corrected chi connectivity index (χ1v) is 5.84. The third kappa shape index (κ3) is 4.04. The average Bonchev–Trinajstić information content (AvgIpc) is 2.58. The average molecular weight is 209 g/mol. The van der Waals surface area contributed by atoms with Gasteiger partial charge in [-0.05, 0) is 30.9 Å². The minimum absolute atomic E-state index is 0.564. The van der Waals surface area contributed by atoms with E-state index >= 15 is 0 Å². The number of rotatable bonds is 6. The molecule has 0 aliphatic rings. The molecular formula is C12H23N3. The third-order valence-corrected chi connectivity index (χ3v) is 2.68. The van der Waals surface area contributed by atoms with Gasteiger partial charge >= 0.3 is 0 Å². The summed E-state index contributed by atoms with van der Waals surface area (Å²) in [5, 5.41) is 7.79. The van der Waals surface area contributed by atoms with E-state index in [2.05, 4.69) is 37.4 Å². The lowest BCUT2D eigenvalue weighted by Crippen LogP contribution is -2.36. The summed E-state index contributed by atoms with van der Waals surface area (Å²) in [6, 6.07) is 0.564. The highest BCUT2D eigenvalue weighted by molar-refractivity contribution is 5.06. The standard InChI is InChI=1S/C12H23N3/c1-5-6-13-12(10(2)3)7-11-8-14-15(4)9-11/h8-10,12-13H,5-7H2,1-4H3.